The highest BCUT2D eigenvalue weighted by molar-refractivity contribution is 7.91. The molecule has 0 aromatic carbocycles. The second kappa shape index (κ2) is 9.70. The Morgan fingerprint density at radius 2 is 2.04 bits per heavy atom. The van der Waals surface area contributed by atoms with Gasteiger partial charge in [0.05, 0.1) is 5.69 Å². The largest absolute Gasteiger partial charge is 0.356 e. The van der Waals surface area contributed by atoms with E-state index in [1.54, 1.807) is 24.6 Å². The van der Waals surface area contributed by atoms with Gasteiger partial charge in [0, 0.05) is 38.9 Å². The lowest BCUT2D eigenvalue weighted by Gasteiger charge is -2.12. The van der Waals surface area contributed by atoms with E-state index < -0.39 is 10.0 Å². The molecule has 0 amide bonds. The molecule has 8 nitrogen and oxygen atoms in total. The van der Waals surface area contributed by atoms with Gasteiger partial charge in [0.25, 0.3) is 0 Å². The fourth-order valence-electron chi connectivity index (χ4n) is 2.41. The van der Waals surface area contributed by atoms with E-state index in [9.17, 15) is 8.42 Å². The number of aliphatic imine (C=N–C) groups is 1. The molecule has 2 heterocycles. The minimum absolute atomic E-state index is 0.284. The fourth-order valence-corrected chi connectivity index (χ4v) is 4.48. The van der Waals surface area contributed by atoms with E-state index in [1.165, 1.54) is 11.3 Å². The third-order valence-electron chi connectivity index (χ3n) is 3.64. The zero-order valence-electron chi connectivity index (χ0n) is 15.3. The first-order valence-electron chi connectivity index (χ1n) is 8.41. The van der Waals surface area contributed by atoms with Crippen LogP contribution in [0.15, 0.2) is 32.8 Å². The van der Waals surface area contributed by atoms with Gasteiger partial charge in [-0.2, -0.15) is 5.10 Å². The number of rotatable bonds is 9. The standard InChI is InChI=1S/C16H26N6O2S2/c1-13-12-14(2)22(21-13)10-5-7-18-16(17-3)19-8-9-20-26(23,24)15-6-4-11-25-15/h4,6,11-12,20H,5,7-10H2,1-3H3,(H2,17,18,19). The molecule has 3 N–H and O–H groups in total. The van der Waals surface area contributed by atoms with Crippen molar-refractivity contribution in [3.05, 3.63) is 35.0 Å². The molecule has 0 fully saturated rings. The van der Waals surface area contributed by atoms with E-state index in [4.69, 9.17) is 0 Å². The summed E-state index contributed by atoms with van der Waals surface area (Å²) in [6.45, 7) is 6.35. The maximum Gasteiger partial charge on any atom is 0.250 e. The highest BCUT2D eigenvalue weighted by Gasteiger charge is 2.13. The Hall–Kier alpha value is -1.91. The Kier molecular flexibility index (Phi) is 7.61. The van der Waals surface area contributed by atoms with Crippen molar-refractivity contribution in [2.45, 2.75) is 31.0 Å². The average Bonchev–Trinajstić information content (AvgIpc) is 3.24. The van der Waals surface area contributed by atoms with Gasteiger partial charge in [-0.15, -0.1) is 11.3 Å². The first-order chi connectivity index (χ1) is 12.4. The molecule has 10 heteroatoms. The smallest absolute Gasteiger partial charge is 0.250 e. The Labute approximate surface area is 158 Å². The van der Waals surface area contributed by atoms with Gasteiger partial charge >= 0.3 is 0 Å². The number of aryl methyl sites for hydroxylation is 3. The first-order valence-corrected chi connectivity index (χ1v) is 10.8. The van der Waals surface area contributed by atoms with Crippen LogP contribution in [0, 0.1) is 13.8 Å². The van der Waals surface area contributed by atoms with Crippen LogP contribution in [0.2, 0.25) is 0 Å². The van der Waals surface area contributed by atoms with Crippen molar-refractivity contribution in [2.75, 3.05) is 26.7 Å². The molecule has 0 radical (unpaired) electrons. The molecular weight excluding hydrogens is 372 g/mol. The van der Waals surface area contributed by atoms with Crippen molar-refractivity contribution in [3.8, 4) is 0 Å². The summed E-state index contributed by atoms with van der Waals surface area (Å²) in [5.74, 6) is 0.647. The second-order valence-electron chi connectivity index (χ2n) is 5.76. The number of aromatic nitrogens is 2. The highest BCUT2D eigenvalue weighted by Crippen LogP contribution is 2.14. The lowest BCUT2D eigenvalue weighted by Crippen LogP contribution is -2.41. The van der Waals surface area contributed by atoms with E-state index in [-0.39, 0.29) is 6.54 Å². The summed E-state index contributed by atoms with van der Waals surface area (Å²) in [6, 6.07) is 5.37. The SMILES string of the molecule is CN=C(NCCCn1nc(C)cc1C)NCCNS(=O)(=O)c1cccs1. The number of sulfonamides is 1. The summed E-state index contributed by atoms with van der Waals surface area (Å²) in [5.41, 5.74) is 2.18. The molecule has 0 aliphatic rings. The van der Waals surface area contributed by atoms with Gasteiger partial charge in [-0.1, -0.05) is 6.07 Å². The summed E-state index contributed by atoms with van der Waals surface area (Å²) in [4.78, 5) is 4.13. The molecule has 0 spiro atoms. The fraction of sp³-hybridized carbons (Fsp3) is 0.500. The Balaban J connectivity index is 1.64. The molecule has 0 bridgehead atoms. The maximum atomic E-state index is 12.0. The van der Waals surface area contributed by atoms with Crippen LogP contribution in [0.4, 0.5) is 0 Å². The number of thiophene rings is 1. The van der Waals surface area contributed by atoms with Crippen molar-refractivity contribution in [3.63, 3.8) is 0 Å². The van der Waals surface area contributed by atoms with Gasteiger partial charge < -0.3 is 10.6 Å². The van der Waals surface area contributed by atoms with E-state index in [0.717, 1.165) is 30.9 Å². The third kappa shape index (κ3) is 6.11. The van der Waals surface area contributed by atoms with Gasteiger partial charge in [0.1, 0.15) is 4.21 Å². The summed E-state index contributed by atoms with van der Waals surface area (Å²) in [7, 11) is -1.73. The molecule has 26 heavy (non-hydrogen) atoms. The van der Waals surface area contributed by atoms with Crippen LogP contribution in [-0.4, -0.2) is 50.8 Å². The minimum atomic E-state index is -3.42. The lowest BCUT2D eigenvalue weighted by atomic mass is 10.4. The Morgan fingerprint density at radius 1 is 1.27 bits per heavy atom. The van der Waals surface area contributed by atoms with Crippen LogP contribution in [0.3, 0.4) is 0 Å². The highest BCUT2D eigenvalue weighted by atomic mass is 32.2. The molecule has 144 valence electrons. The van der Waals surface area contributed by atoms with Crippen molar-refractivity contribution < 1.29 is 8.42 Å². The van der Waals surface area contributed by atoms with Gasteiger partial charge in [0.2, 0.25) is 10.0 Å². The van der Waals surface area contributed by atoms with Crippen molar-refractivity contribution in [1.29, 1.82) is 0 Å². The van der Waals surface area contributed by atoms with Crippen molar-refractivity contribution in [2.24, 2.45) is 4.99 Å². The average molecular weight is 399 g/mol. The molecule has 0 aliphatic carbocycles. The number of guanidine groups is 1. The first kappa shape index (κ1) is 20.4. The van der Waals surface area contributed by atoms with Crippen molar-refractivity contribution in [1.82, 2.24) is 25.1 Å². The van der Waals surface area contributed by atoms with Gasteiger partial charge in [-0.3, -0.25) is 9.67 Å². The number of nitrogens with one attached hydrogen (secondary N) is 3. The molecule has 0 aliphatic heterocycles. The van der Waals surface area contributed by atoms with Crippen LogP contribution in [0.5, 0.6) is 0 Å². The zero-order chi connectivity index (χ0) is 19.0. The third-order valence-corrected chi connectivity index (χ3v) is 6.49. The van der Waals surface area contributed by atoms with E-state index in [0.29, 0.717) is 16.7 Å². The summed E-state index contributed by atoms with van der Waals surface area (Å²) < 4.78 is 28.9. The molecule has 2 aromatic rings. The maximum absolute atomic E-state index is 12.0. The van der Waals surface area contributed by atoms with E-state index in [1.807, 2.05) is 18.5 Å². The van der Waals surface area contributed by atoms with Crippen LogP contribution in [0.25, 0.3) is 0 Å². The van der Waals surface area contributed by atoms with Gasteiger partial charge in [0.15, 0.2) is 5.96 Å². The molecule has 2 aromatic heterocycles. The number of hydrogen-bond donors (Lipinski definition) is 3. The zero-order valence-corrected chi connectivity index (χ0v) is 17.0. The Morgan fingerprint density at radius 3 is 2.65 bits per heavy atom. The number of hydrogen-bond acceptors (Lipinski definition) is 5. The van der Waals surface area contributed by atoms with Crippen LogP contribution < -0.4 is 15.4 Å². The molecule has 0 atom stereocenters. The van der Waals surface area contributed by atoms with Crippen LogP contribution >= 0.6 is 11.3 Å². The summed E-state index contributed by atoms with van der Waals surface area (Å²) in [6.07, 6.45) is 0.910. The Bertz CT molecular complexity index is 812. The molecular formula is C16H26N6O2S2. The van der Waals surface area contributed by atoms with Gasteiger partial charge in [-0.25, -0.2) is 13.1 Å². The normalized spacial score (nSPS) is 12.3. The topological polar surface area (TPSA) is 100 Å². The second-order valence-corrected chi connectivity index (χ2v) is 8.70. The number of nitrogens with zero attached hydrogens (tertiary/aromatic N) is 3. The minimum Gasteiger partial charge on any atom is -0.356 e. The predicted molar refractivity (Wildman–Crippen MR) is 105 cm³/mol. The molecule has 2 rings (SSSR count). The molecule has 0 unspecified atom stereocenters. The monoisotopic (exact) mass is 398 g/mol. The van der Waals surface area contributed by atoms with Crippen LogP contribution in [0.1, 0.15) is 17.8 Å². The lowest BCUT2D eigenvalue weighted by molar-refractivity contribution is 0.555. The summed E-state index contributed by atoms with van der Waals surface area (Å²) >= 11 is 1.20. The summed E-state index contributed by atoms with van der Waals surface area (Å²) in [5, 5.41) is 12.5. The predicted octanol–water partition coefficient (Wildman–Crippen LogP) is 1.10. The van der Waals surface area contributed by atoms with Crippen LogP contribution in [-0.2, 0) is 16.6 Å². The quantitative estimate of drug-likeness (QED) is 0.334. The van der Waals surface area contributed by atoms with E-state index >= 15 is 0 Å². The van der Waals surface area contributed by atoms with Crippen molar-refractivity contribution >= 4 is 27.3 Å². The molecule has 0 saturated heterocycles. The molecule has 0 saturated carbocycles. The van der Waals surface area contributed by atoms with E-state index in [2.05, 4.69) is 31.5 Å². The van der Waals surface area contributed by atoms with Gasteiger partial charge in [-0.05, 0) is 37.8 Å².